The summed E-state index contributed by atoms with van der Waals surface area (Å²) < 4.78 is 0. The smallest absolute Gasteiger partial charge is 0.0798 e. The van der Waals surface area contributed by atoms with Crippen molar-refractivity contribution in [2.45, 2.75) is 39.8 Å². The molecule has 0 radical (unpaired) electrons. The van der Waals surface area contributed by atoms with E-state index in [9.17, 15) is 0 Å². The van der Waals surface area contributed by atoms with Crippen LogP contribution in [0.15, 0.2) is 5.51 Å². The van der Waals surface area contributed by atoms with Crippen molar-refractivity contribution in [3.63, 3.8) is 0 Å². The van der Waals surface area contributed by atoms with Crippen molar-refractivity contribution < 1.29 is 0 Å². The van der Waals surface area contributed by atoms with Gasteiger partial charge in [-0.05, 0) is 12.8 Å². The van der Waals surface area contributed by atoms with E-state index in [1.165, 1.54) is 4.88 Å². The topological polar surface area (TPSA) is 50.9 Å². The first-order valence-corrected chi connectivity index (χ1v) is 6.38. The Bertz CT molecular complexity index is 285. The molecule has 1 aromatic heterocycles. The van der Waals surface area contributed by atoms with Gasteiger partial charge in [0.05, 0.1) is 11.2 Å². The van der Waals surface area contributed by atoms with Crippen LogP contribution in [0.5, 0.6) is 0 Å². The van der Waals surface area contributed by atoms with Crippen LogP contribution in [-0.4, -0.2) is 17.6 Å². The van der Waals surface area contributed by atoms with Gasteiger partial charge in [-0.15, -0.1) is 11.3 Å². The van der Waals surface area contributed by atoms with E-state index < -0.39 is 0 Å². The van der Waals surface area contributed by atoms with E-state index in [0.29, 0.717) is 5.92 Å². The lowest BCUT2D eigenvalue weighted by Gasteiger charge is -2.18. The molecular formula is C11H21N3S. The molecule has 2 atom stereocenters. The van der Waals surface area contributed by atoms with E-state index in [1.807, 2.05) is 12.4 Å². The number of nitrogens with two attached hydrogens (primary N) is 1. The molecule has 0 aromatic carbocycles. The first kappa shape index (κ1) is 12.6. The van der Waals surface area contributed by atoms with Crippen LogP contribution in [-0.2, 0) is 6.54 Å². The fourth-order valence-corrected chi connectivity index (χ4v) is 2.10. The second kappa shape index (κ2) is 6.20. The summed E-state index contributed by atoms with van der Waals surface area (Å²) in [6.07, 6.45) is 1.14. The van der Waals surface area contributed by atoms with E-state index in [4.69, 9.17) is 5.73 Å². The van der Waals surface area contributed by atoms with Crippen LogP contribution in [0.1, 0.15) is 30.8 Å². The number of nitrogens with one attached hydrogen (secondary N) is 1. The van der Waals surface area contributed by atoms with Crippen molar-refractivity contribution in [3.05, 3.63) is 16.1 Å². The Kier molecular flexibility index (Phi) is 5.22. The number of hydrogen-bond acceptors (Lipinski definition) is 4. The molecule has 0 amide bonds. The van der Waals surface area contributed by atoms with Crippen molar-refractivity contribution in [3.8, 4) is 0 Å². The third kappa shape index (κ3) is 3.89. The molecule has 0 fully saturated rings. The Morgan fingerprint density at radius 1 is 1.60 bits per heavy atom. The average Bonchev–Trinajstić information content (AvgIpc) is 2.63. The molecule has 0 bridgehead atoms. The molecule has 1 rings (SSSR count). The summed E-state index contributed by atoms with van der Waals surface area (Å²) >= 11 is 1.70. The number of nitrogens with zero attached hydrogens (tertiary/aromatic N) is 1. The van der Waals surface area contributed by atoms with Gasteiger partial charge in [0.25, 0.3) is 0 Å². The van der Waals surface area contributed by atoms with Gasteiger partial charge in [0.1, 0.15) is 0 Å². The second-order valence-corrected chi connectivity index (χ2v) is 4.98. The molecule has 0 spiro atoms. The van der Waals surface area contributed by atoms with Crippen LogP contribution >= 0.6 is 11.3 Å². The van der Waals surface area contributed by atoms with E-state index in [0.717, 1.165) is 25.2 Å². The second-order valence-electron chi connectivity index (χ2n) is 4.04. The molecule has 1 aromatic rings. The molecular weight excluding hydrogens is 206 g/mol. The quantitative estimate of drug-likeness (QED) is 0.780. The number of hydrogen-bond donors (Lipinski definition) is 2. The van der Waals surface area contributed by atoms with Crippen LogP contribution < -0.4 is 11.1 Å². The first-order valence-electron chi connectivity index (χ1n) is 5.50. The van der Waals surface area contributed by atoms with Crippen LogP contribution in [0.25, 0.3) is 0 Å². The van der Waals surface area contributed by atoms with Gasteiger partial charge in [-0.2, -0.15) is 0 Å². The summed E-state index contributed by atoms with van der Waals surface area (Å²) in [6, 6.07) is 0.253. The molecule has 0 saturated carbocycles. The van der Waals surface area contributed by atoms with E-state index in [2.05, 4.69) is 24.1 Å². The van der Waals surface area contributed by atoms with Gasteiger partial charge in [0.15, 0.2) is 0 Å². The Labute approximate surface area is 96.1 Å². The van der Waals surface area contributed by atoms with Crippen molar-refractivity contribution in [1.82, 2.24) is 10.3 Å². The summed E-state index contributed by atoms with van der Waals surface area (Å²) in [5.41, 5.74) is 9.05. The van der Waals surface area contributed by atoms with Crippen LogP contribution in [0, 0.1) is 12.8 Å². The average molecular weight is 227 g/mol. The fourth-order valence-electron chi connectivity index (χ4n) is 1.35. The van der Waals surface area contributed by atoms with Gasteiger partial charge in [0, 0.05) is 24.0 Å². The highest BCUT2D eigenvalue weighted by molar-refractivity contribution is 7.09. The lowest BCUT2D eigenvalue weighted by Crippen LogP contribution is -2.38. The first-order chi connectivity index (χ1) is 7.15. The Morgan fingerprint density at radius 3 is 2.87 bits per heavy atom. The van der Waals surface area contributed by atoms with Gasteiger partial charge in [-0.1, -0.05) is 20.3 Å². The number of thiazole rings is 1. The van der Waals surface area contributed by atoms with Gasteiger partial charge < -0.3 is 11.1 Å². The van der Waals surface area contributed by atoms with Gasteiger partial charge >= 0.3 is 0 Å². The van der Waals surface area contributed by atoms with Crippen LogP contribution in [0.2, 0.25) is 0 Å². The maximum Gasteiger partial charge on any atom is 0.0798 e. The highest BCUT2D eigenvalue weighted by Crippen LogP contribution is 2.11. The van der Waals surface area contributed by atoms with Crippen molar-refractivity contribution in [1.29, 1.82) is 0 Å². The molecule has 3 N–H and O–H groups in total. The zero-order valence-electron chi connectivity index (χ0n) is 9.79. The minimum atomic E-state index is 0.253. The van der Waals surface area contributed by atoms with E-state index in [-0.39, 0.29) is 6.04 Å². The molecule has 86 valence electrons. The zero-order chi connectivity index (χ0) is 11.3. The van der Waals surface area contributed by atoms with Crippen LogP contribution in [0.4, 0.5) is 0 Å². The summed E-state index contributed by atoms with van der Waals surface area (Å²) in [4.78, 5) is 5.52. The summed E-state index contributed by atoms with van der Waals surface area (Å²) in [6.45, 7) is 8.19. The van der Waals surface area contributed by atoms with Gasteiger partial charge in [0.2, 0.25) is 0 Å². The third-order valence-corrected chi connectivity index (χ3v) is 3.82. The minimum Gasteiger partial charge on any atom is -0.326 e. The summed E-state index contributed by atoms with van der Waals surface area (Å²) in [5, 5.41) is 3.39. The predicted octanol–water partition coefficient (Wildman–Crippen LogP) is 1.91. The maximum absolute atomic E-state index is 6.03. The lowest BCUT2D eigenvalue weighted by atomic mass is 10.0. The molecule has 2 unspecified atom stereocenters. The molecule has 0 aliphatic heterocycles. The van der Waals surface area contributed by atoms with E-state index in [1.54, 1.807) is 11.3 Å². The Hall–Kier alpha value is -0.450. The fraction of sp³-hybridized carbons (Fsp3) is 0.727. The Balaban J connectivity index is 2.25. The molecule has 0 saturated heterocycles. The molecule has 1 heterocycles. The normalized spacial score (nSPS) is 15.2. The minimum absolute atomic E-state index is 0.253. The van der Waals surface area contributed by atoms with Crippen LogP contribution in [0.3, 0.4) is 0 Å². The van der Waals surface area contributed by atoms with Gasteiger partial charge in [-0.3, -0.25) is 0 Å². The largest absolute Gasteiger partial charge is 0.326 e. The molecule has 15 heavy (non-hydrogen) atoms. The third-order valence-electron chi connectivity index (χ3n) is 2.89. The SMILES string of the molecule is CCC(C)C(N)CNCc1scnc1C. The molecule has 0 aliphatic carbocycles. The summed E-state index contributed by atoms with van der Waals surface area (Å²) in [5.74, 6) is 0.583. The number of rotatable bonds is 6. The highest BCUT2D eigenvalue weighted by Gasteiger charge is 2.10. The molecule has 0 aliphatic rings. The summed E-state index contributed by atoms with van der Waals surface area (Å²) in [7, 11) is 0. The lowest BCUT2D eigenvalue weighted by molar-refractivity contribution is 0.419. The molecule has 4 heteroatoms. The number of aromatic nitrogens is 1. The van der Waals surface area contributed by atoms with Crippen molar-refractivity contribution in [2.24, 2.45) is 11.7 Å². The Morgan fingerprint density at radius 2 is 2.33 bits per heavy atom. The van der Waals surface area contributed by atoms with Gasteiger partial charge in [-0.25, -0.2) is 4.98 Å². The molecule has 3 nitrogen and oxygen atoms in total. The predicted molar refractivity (Wildman–Crippen MR) is 66.0 cm³/mol. The van der Waals surface area contributed by atoms with Crippen molar-refractivity contribution >= 4 is 11.3 Å². The van der Waals surface area contributed by atoms with E-state index >= 15 is 0 Å². The number of aryl methyl sites for hydroxylation is 1. The highest BCUT2D eigenvalue weighted by atomic mass is 32.1. The maximum atomic E-state index is 6.03. The zero-order valence-corrected chi connectivity index (χ0v) is 10.6. The standard InChI is InChI=1S/C11H21N3S/c1-4-8(2)10(12)5-13-6-11-9(3)14-7-15-11/h7-8,10,13H,4-6,12H2,1-3H3. The van der Waals surface area contributed by atoms with Crippen molar-refractivity contribution in [2.75, 3.05) is 6.54 Å². The monoisotopic (exact) mass is 227 g/mol.